The third-order valence-corrected chi connectivity index (χ3v) is 3.75. The van der Waals surface area contributed by atoms with E-state index in [0.29, 0.717) is 0 Å². The summed E-state index contributed by atoms with van der Waals surface area (Å²) >= 11 is 0. The van der Waals surface area contributed by atoms with E-state index in [2.05, 4.69) is 58.1 Å². The number of hydrogen-bond acceptors (Lipinski definition) is 2. The molecular formula is C16H24N2O. The van der Waals surface area contributed by atoms with Gasteiger partial charge in [-0.3, -0.25) is 4.79 Å². The van der Waals surface area contributed by atoms with Crippen LogP contribution >= 0.6 is 0 Å². The first kappa shape index (κ1) is 13.9. The molecule has 0 aliphatic carbocycles. The first-order valence-electron chi connectivity index (χ1n) is 6.91. The molecule has 1 heterocycles. The van der Waals surface area contributed by atoms with E-state index in [9.17, 15) is 4.79 Å². The van der Waals surface area contributed by atoms with Gasteiger partial charge in [0.05, 0.1) is 11.4 Å². The SMILES string of the molecule is CC(C)C1Nc2cccc(C(C)(C)C)c2N(C)C1=O. The fourth-order valence-corrected chi connectivity index (χ4v) is 2.63. The number of anilines is 2. The van der Waals surface area contributed by atoms with Gasteiger partial charge in [0.1, 0.15) is 6.04 Å². The molecule has 0 fully saturated rings. The first-order valence-corrected chi connectivity index (χ1v) is 6.91. The monoisotopic (exact) mass is 260 g/mol. The van der Waals surface area contributed by atoms with Crippen molar-refractivity contribution in [3.8, 4) is 0 Å². The minimum Gasteiger partial charge on any atom is -0.372 e. The van der Waals surface area contributed by atoms with Crippen LogP contribution in [0.5, 0.6) is 0 Å². The van der Waals surface area contributed by atoms with Gasteiger partial charge in [0.15, 0.2) is 0 Å². The Morgan fingerprint density at radius 3 is 2.42 bits per heavy atom. The van der Waals surface area contributed by atoms with Crippen LogP contribution < -0.4 is 10.2 Å². The van der Waals surface area contributed by atoms with Crippen molar-refractivity contribution < 1.29 is 4.79 Å². The Morgan fingerprint density at radius 1 is 1.26 bits per heavy atom. The van der Waals surface area contributed by atoms with Gasteiger partial charge in [0, 0.05) is 7.05 Å². The number of fused-ring (bicyclic) bond motifs is 1. The van der Waals surface area contributed by atoms with E-state index in [-0.39, 0.29) is 23.3 Å². The number of carbonyl (C=O) groups excluding carboxylic acids is 1. The third-order valence-electron chi connectivity index (χ3n) is 3.75. The molecule has 0 bridgehead atoms. The lowest BCUT2D eigenvalue weighted by Crippen LogP contribution is -2.48. The lowest BCUT2D eigenvalue weighted by Gasteiger charge is -2.38. The molecule has 1 atom stereocenters. The summed E-state index contributed by atoms with van der Waals surface area (Å²) in [5.74, 6) is 0.431. The van der Waals surface area contributed by atoms with Gasteiger partial charge in [-0.2, -0.15) is 0 Å². The first-order chi connectivity index (χ1) is 8.73. The minimum atomic E-state index is -0.132. The predicted octanol–water partition coefficient (Wildman–Crippen LogP) is 3.40. The summed E-state index contributed by atoms with van der Waals surface area (Å²) in [5, 5.41) is 3.40. The molecule has 1 unspecified atom stereocenters. The van der Waals surface area contributed by atoms with Crippen molar-refractivity contribution in [1.82, 2.24) is 0 Å². The second-order valence-electron chi connectivity index (χ2n) is 6.72. The molecule has 1 aromatic rings. The van der Waals surface area contributed by atoms with Gasteiger partial charge in [-0.25, -0.2) is 0 Å². The predicted molar refractivity (Wildman–Crippen MR) is 80.8 cm³/mol. The van der Waals surface area contributed by atoms with Crippen molar-refractivity contribution in [1.29, 1.82) is 0 Å². The molecule has 3 nitrogen and oxygen atoms in total. The Labute approximate surface area is 116 Å². The molecule has 2 rings (SSSR count). The second kappa shape index (κ2) is 4.55. The van der Waals surface area contributed by atoms with Gasteiger partial charge in [0.25, 0.3) is 0 Å². The number of para-hydroxylation sites is 1. The van der Waals surface area contributed by atoms with Crippen LogP contribution in [0, 0.1) is 5.92 Å². The smallest absolute Gasteiger partial charge is 0.249 e. The van der Waals surface area contributed by atoms with Gasteiger partial charge in [-0.15, -0.1) is 0 Å². The normalized spacial score (nSPS) is 19.4. The number of nitrogens with zero attached hydrogens (tertiary/aromatic N) is 1. The number of nitrogens with one attached hydrogen (secondary N) is 1. The van der Waals surface area contributed by atoms with Crippen LogP contribution in [0.4, 0.5) is 11.4 Å². The molecule has 0 saturated carbocycles. The number of amides is 1. The number of benzene rings is 1. The number of likely N-dealkylation sites (N-methyl/N-ethyl adjacent to an activating group) is 1. The van der Waals surface area contributed by atoms with Crippen molar-refractivity contribution in [2.45, 2.75) is 46.1 Å². The molecule has 0 saturated heterocycles. The molecule has 0 aromatic heterocycles. The van der Waals surface area contributed by atoms with Crippen LogP contribution in [-0.2, 0) is 10.2 Å². The largest absolute Gasteiger partial charge is 0.372 e. The highest BCUT2D eigenvalue weighted by Crippen LogP contribution is 2.40. The zero-order chi connectivity index (χ0) is 14.4. The number of rotatable bonds is 1. The fraction of sp³-hybridized carbons (Fsp3) is 0.562. The third kappa shape index (κ3) is 2.34. The van der Waals surface area contributed by atoms with E-state index < -0.39 is 0 Å². The summed E-state index contributed by atoms with van der Waals surface area (Å²) in [6.45, 7) is 10.7. The van der Waals surface area contributed by atoms with E-state index in [4.69, 9.17) is 0 Å². The van der Waals surface area contributed by atoms with Crippen LogP contribution in [0.25, 0.3) is 0 Å². The summed E-state index contributed by atoms with van der Waals surface area (Å²) in [6, 6.07) is 6.10. The van der Waals surface area contributed by atoms with E-state index in [1.807, 2.05) is 11.9 Å². The zero-order valence-electron chi connectivity index (χ0n) is 12.7. The van der Waals surface area contributed by atoms with E-state index in [1.165, 1.54) is 5.56 Å². The van der Waals surface area contributed by atoms with Crippen molar-refractivity contribution in [2.24, 2.45) is 5.92 Å². The number of carbonyl (C=O) groups is 1. The molecule has 104 valence electrons. The highest BCUT2D eigenvalue weighted by atomic mass is 16.2. The molecule has 1 aliphatic heterocycles. The summed E-state index contributed by atoms with van der Waals surface area (Å²) in [7, 11) is 1.88. The van der Waals surface area contributed by atoms with E-state index in [0.717, 1.165) is 11.4 Å². The highest BCUT2D eigenvalue weighted by molar-refractivity contribution is 6.05. The van der Waals surface area contributed by atoms with Gasteiger partial charge in [0.2, 0.25) is 5.91 Å². The Morgan fingerprint density at radius 2 is 1.89 bits per heavy atom. The van der Waals surface area contributed by atoms with Crippen LogP contribution in [0.3, 0.4) is 0 Å². The van der Waals surface area contributed by atoms with Gasteiger partial charge >= 0.3 is 0 Å². The quantitative estimate of drug-likeness (QED) is 0.839. The average Bonchev–Trinajstić information content (AvgIpc) is 2.31. The average molecular weight is 260 g/mol. The van der Waals surface area contributed by atoms with Gasteiger partial charge < -0.3 is 10.2 Å². The maximum Gasteiger partial charge on any atom is 0.249 e. The standard InChI is InChI=1S/C16H24N2O/c1-10(2)13-15(19)18(6)14-11(16(3,4)5)8-7-9-12(14)17-13/h7-10,13,17H,1-6H3. The highest BCUT2D eigenvalue weighted by Gasteiger charge is 2.35. The zero-order valence-corrected chi connectivity index (χ0v) is 12.7. The summed E-state index contributed by atoms with van der Waals surface area (Å²) in [4.78, 5) is 14.3. The summed E-state index contributed by atoms with van der Waals surface area (Å²) in [6.07, 6.45) is 0. The maximum atomic E-state index is 12.5. The minimum absolute atomic E-state index is 0.0201. The number of hydrogen-bond donors (Lipinski definition) is 1. The van der Waals surface area contributed by atoms with Crippen molar-refractivity contribution >= 4 is 17.3 Å². The molecule has 0 spiro atoms. The lowest BCUT2D eigenvalue weighted by atomic mass is 9.84. The van der Waals surface area contributed by atoms with Crippen LogP contribution in [0.2, 0.25) is 0 Å². The molecule has 1 aliphatic rings. The van der Waals surface area contributed by atoms with Crippen LogP contribution in [0.1, 0.15) is 40.2 Å². The molecule has 1 N–H and O–H groups in total. The second-order valence-corrected chi connectivity index (χ2v) is 6.72. The molecular weight excluding hydrogens is 236 g/mol. The summed E-state index contributed by atoms with van der Waals surface area (Å²) in [5.41, 5.74) is 3.31. The van der Waals surface area contributed by atoms with Crippen molar-refractivity contribution in [3.05, 3.63) is 23.8 Å². The molecule has 3 heteroatoms. The van der Waals surface area contributed by atoms with Crippen molar-refractivity contribution in [3.63, 3.8) is 0 Å². The molecule has 1 amide bonds. The topological polar surface area (TPSA) is 32.3 Å². The molecule has 0 radical (unpaired) electrons. The Kier molecular flexibility index (Phi) is 3.33. The van der Waals surface area contributed by atoms with Crippen LogP contribution in [0.15, 0.2) is 18.2 Å². The molecule has 1 aromatic carbocycles. The van der Waals surface area contributed by atoms with Gasteiger partial charge in [-0.1, -0.05) is 46.8 Å². The van der Waals surface area contributed by atoms with Crippen molar-refractivity contribution in [2.75, 3.05) is 17.3 Å². The maximum absolute atomic E-state index is 12.5. The lowest BCUT2D eigenvalue weighted by molar-refractivity contribution is -0.120. The van der Waals surface area contributed by atoms with Crippen LogP contribution in [-0.4, -0.2) is 19.0 Å². The Balaban J connectivity index is 2.56. The van der Waals surface area contributed by atoms with E-state index >= 15 is 0 Å². The fourth-order valence-electron chi connectivity index (χ4n) is 2.63. The molecule has 19 heavy (non-hydrogen) atoms. The Bertz CT molecular complexity index is 500. The summed E-state index contributed by atoms with van der Waals surface area (Å²) < 4.78 is 0. The van der Waals surface area contributed by atoms with Gasteiger partial charge in [-0.05, 0) is 23.0 Å². The Hall–Kier alpha value is -1.51. The van der Waals surface area contributed by atoms with E-state index in [1.54, 1.807) is 0 Å².